The first-order valence-corrected chi connectivity index (χ1v) is 21.5. The summed E-state index contributed by atoms with van der Waals surface area (Å²) in [6, 6.07) is 50.5. The second kappa shape index (κ2) is 10.7. The Kier molecular flexibility index (Phi) is 6.09. The van der Waals surface area contributed by atoms with E-state index in [2.05, 4.69) is 146 Å². The third kappa shape index (κ3) is 3.81. The molecule has 0 amide bonds. The molecule has 0 radical (unpaired) electrons. The van der Waals surface area contributed by atoms with E-state index in [1.165, 1.54) is 119 Å². The summed E-state index contributed by atoms with van der Waals surface area (Å²) in [6.07, 6.45) is 12.2. The van der Waals surface area contributed by atoms with Crippen LogP contribution in [0.5, 0.6) is 0 Å². The van der Waals surface area contributed by atoms with Crippen LogP contribution in [0.3, 0.4) is 0 Å². The van der Waals surface area contributed by atoms with Crippen LogP contribution in [-0.2, 0) is 16.2 Å². The summed E-state index contributed by atoms with van der Waals surface area (Å²) < 4.78 is 0. The van der Waals surface area contributed by atoms with Gasteiger partial charge in [0.2, 0.25) is 0 Å². The second-order valence-electron chi connectivity index (χ2n) is 19.2. The zero-order chi connectivity index (χ0) is 36.3. The first kappa shape index (κ1) is 31.3. The minimum Gasteiger partial charge on any atom is -0.310 e. The van der Waals surface area contributed by atoms with Gasteiger partial charge in [-0.2, -0.15) is 0 Å². The van der Waals surface area contributed by atoms with Gasteiger partial charge >= 0.3 is 0 Å². The largest absolute Gasteiger partial charge is 0.310 e. The van der Waals surface area contributed by atoms with E-state index in [4.69, 9.17) is 0 Å². The molecular weight excluding hydrogens is 663 g/mol. The number of rotatable bonds is 3. The topological polar surface area (TPSA) is 3.24 Å². The molecule has 0 aliphatic heterocycles. The molecule has 4 bridgehead atoms. The summed E-state index contributed by atoms with van der Waals surface area (Å²) in [4.78, 5) is 2.69. The summed E-state index contributed by atoms with van der Waals surface area (Å²) >= 11 is 0. The Morgan fingerprint density at radius 3 is 1.67 bits per heavy atom. The van der Waals surface area contributed by atoms with Crippen molar-refractivity contribution in [3.05, 3.63) is 161 Å². The van der Waals surface area contributed by atoms with E-state index in [1.54, 1.807) is 22.3 Å². The molecule has 0 N–H and O–H groups in total. The van der Waals surface area contributed by atoms with Crippen molar-refractivity contribution in [1.29, 1.82) is 0 Å². The lowest BCUT2D eigenvalue weighted by molar-refractivity contribution is -0.0399. The molecule has 0 heterocycles. The Labute approximate surface area is 326 Å². The Morgan fingerprint density at radius 2 is 0.982 bits per heavy atom. The predicted octanol–water partition coefficient (Wildman–Crippen LogP) is 14.0. The first-order valence-electron chi connectivity index (χ1n) is 21.5. The summed E-state index contributed by atoms with van der Waals surface area (Å²) in [6.45, 7) is 4.85. The molecule has 6 aromatic rings. The minimum atomic E-state index is -0.0726. The van der Waals surface area contributed by atoms with Crippen LogP contribution < -0.4 is 4.90 Å². The molecule has 270 valence electrons. The summed E-state index contributed by atoms with van der Waals surface area (Å²) in [5.41, 5.74) is 22.0. The van der Waals surface area contributed by atoms with Crippen LogP contribution in [0.4, 0.5) is 17.1 Å². The van der Waals surface area contributed by atoms with Crippen molar-refractivity contribution in [2.24, 2.45) is 23.7 Å². The Bertz CT molecular complexity index is 2590. The maximum absolute atomic E-state index is 2.69. The van der Waals surface area contributed by atoms with Crippen molar-refractivity contribution in [2.45, 2.75) is 87.9 Å². The van der Waals surface area contributed by atoms with Crippen molar-refractivity contribution in [3.8, 4) is 33.4 Å². The molecule has 5 saturated carbocycles. The van der Waals surface area contributed by atoms with E-state index in [0.717, 1.165) is 23.7 Å². The van der Waals surface area contributed by atoms with Crippen molar-refractivity contribution < 1.29 is 0 Å². The molecule has 6 aromatic carbocycles. The summed E-state index contributed by atoms with van der Waals surface area (Å²) in [5, 5.41) is 0. The summed E-state index contributed by atoms with van der Waals surface area (Å²) in [7, 11) is 0. The van der Waals surface area contributed by atoms with Crippen LogP contribution in [0.25, 0.3) is 33.4 Å². The number of hydrogen-bond acceptors (Lipinski definition) is 1. The fraction of sp³-hybridized carbons (Fsp3) is 0.333. The monoisotopic (exact) mass is 711 g/mol. The van der Waals surface area contributed by atoms with Crippen LogP contribution in [0, 0.1) is 23.7 Å². The van der Waals surface area contributed by atoms with Gasteiger partial charge in [-0.1, -0.05) is 124 Å². The Balaban J connectivity index is 1.07. The molecule has 0 saturated heterocycles. The average Bonchev–Trinajstić information content (AvgIpc) is 3.95. The molecular formula is C54H49N. The zero-order valence-electron chi connectivity index (χ0n) is 32.2. The van der Waals surface area contributed by atoms with Gasteiger partial charge in [-0.3, -0.25) is 0 Å². The molecule has 55 heavy (non-hydrogen) atoms. The number of fused-ring (bicyclic) bond motifs is 11. The lowest BCUT2D eigenvalue weighted by atomic mass is 9.43. The average molecular weight is 712 g/mol. The van der Waals surface area contributed by atoms with Gasteiger partial charge in [0, 0.05) is 33.2 Å². The minimum absolute atomic E-state index is 0.0726. The Hall–Kier alpha value is -4.88. The lowest BCUT2D eigenvalue weighted by Gasteiger charge is -2.61. The highest BCUT2D eigenvalue weighted by Crippen LogP contribution is 2.70. The molecule has 8 aliphatic rings. The second-order valence-corrected chi connectivity index (χ2v) is 19.2. The molecule has 1 heteroatoms. The summed E-state index contributed by atoms with van der Waals surface area (Å²) in [5.74, 6) is 3.35. The molecule has 5 fully saturated rings. The van der Waals surface area contributed by atoms with E-state index in [0.29, 0.717) is 0 Å². The van der Waals surface area contributed by atoms with Crippen molar-refractivity contribution >= 4 is 17.1 Å². The van der Waals surface area contributed by atoms with E-state index in [-0.39, 0.29) is 16.2 Å². The van der Waals surface area contributed by atoms with E-state index in [1.807, 2.05) is 0 Å². The van der Waals surface area contributed by atoms with Crippen LogP contribution in [0.1, 0.15) is 105 Å². The van der Waals surface area contributed by atoms with Gasteiger partial charge in [-0.25, -0.2) is 0 Å². The van der Waals surface area contributed by atoms with Crippen molar-refractivity contribution in [2.75, 3.05) is 4.90 Å². The normalized spacial score (nSPS) is 27.2. The molecule has 0 aromatic heterocycles. The predicted molar refractivity (Wildman–Crippen MR) is 227 cm³/mol. The molecule has 14 rings (SSSR count). The molecule has 1 nitrogen and oxygen atoms in total. The van der Waals surface area contributed by atoms with Crippen LogP contribution >= 0.6 is 0 Å². The number of anilines is 3. The molecule has 0 atom stereocenters. The standard InChI is InChI=1S/C54H49N/c1-52(2)44-15-6-3-12-39(44)41-22-20-37(31-48(41)52)55(38-21-23-42-40-13-4-7-16-45(40)53(49(42)32-38)24-9-10-25-53)50-19-11-18-47-51(50)43-14-5-8-17-46(43)54(47)35-27-33-26-34(29-35)30-36(54)28-33/h3-8,11-23,31-36H,9-10,24-30H2,1-2H3. The number of hydrogen-bond donors (Lipinski definition) is 0. The maximum atomic E-state index is 2.69. The highest BCUT2D eigenvalue weighted by Gasteiger charge is 2.62. The van der Waals surface area contributed by atoms with E-state index >= 15 is 0 Å². The van der Waals surface area contributed by atoms with Gasteiger partial charge in [-0.15, -0.1) is 0 Å². The number of benzene rings is 6. The van der Waals surface area contributed by atoms with Gasteiger partial charge in [0.15, 0.2) is 0 Å². The SMILES string of the molecule is CC1(C)c2ccccc2-c2ccc(N(c3ccc4c(c3)C3(CCCC3)c3ccccc3-4)c3cccc4c3-c3ccccc3C43C4CC5CC(C4)CC3C5)cc21. The quantitative estimate of drug-likeness (QED) is 0.177. The van der Waals surface area contributed by atoms with Gasteiger partial charge in [-0.05, 0) is 160 Å². The highest BCUT2D eigenvalue weighted by molar-refractivity contribution is 5.97. The zero-order valence-corrected chi connectivity index (χ0v) is 32.2. The first-order chi connectivity index (χ1) is 27.0. The number of nitrogens with zero attached hydrogens (tertiary/aromatic N) is 1. The third-order valence-corrected chi connectivity index (χ3v) is 16.6. The van der Waals surface area contributed by atoms with Gasteiger partial charge in [0.1, 0.15) is 0 Å². The smallest absolute Gasteiger partial charge is 0.0543 e. The molecule has 2 spiro atoms. The lowest BCUT2D eigenvalue weighted by Crippen LogP contribution is -2.55. The highest BCUT2D eigenvalue weighted by atomic mass is 15.1. The van der Waals surface area contributed by atoms with Gasteiger partial charge < -0.3 is 4.90 Å². The maximum Gasteiger partial charge on any atom is 0.0543 e. The fourth-order valence-corrected chi connectivity index (χ4v) is 14.7. The molecule has 8 aliphatic carbocycles. The van der Waals surface area contributed by atoms with Crippen molar-refractivity contribution in [3.63, 3.8) is 0 Å². The van der Waals surface area contributed by atoms with Gasteiger partial charge in [0.25, 0.3) is 0 Å². The third-order valence-electron chi connectivity index (χ3n) is 16.6. The van der Waals surface area contributed by atoms with Crippen LogP contribution in [0.15, 0.2) is 127 Å². The van der Waals surface area contributed by atoms with Gasteiger partial charge in [0.05, 0.1) is 5.69 Å². The van der Waals surface area contributed by atoms with Crippen LogP contribution in [-0.4, -0.2) is 0 Å². The van der Waals surface area contributed by atoms with E-state index in [9.17, 15) is 0 Å². The fourth-order valence-electron chi connectivity index (χ4n) is 14.7. The van der Waals surface area contributed by atoms with Crippen LogP contribution in [0.2, 0.25) is 0 Å². The van der Waals surface area contributed by atoms with E-state index < -0.39 is 0 Å². The van der Waals surface area contributed by atoms with Crippen molar-refractivity contribution in [1.82, 2.24) is 0 Å². The molecule has 0 unspecified atom stereocenters. The Morgan fingerprint density at radius 1 is 0.455 bits per heavy atom.